The van der Waals surface area contributed by atoms with E-state index in [0.29, 0.717) is 23.8 Å². The van der Waals surface area contributed by atoms with E-state index in [1.807, 2.05) is 26.0 Å². The molecule has 3 heterocycles. The molecule has 0 bridgehead atoms. The molecule has 9 nitrogen and oxygen atoms in total. The third-order valence-electron chi connectivity index (χ3n) is 4.95. The van der Waals surface area contributed by atoms with Crippen LogP contribution in [0.2, 0.25) is 0 Å². The molecule has 1 N–H and O–H groups in total. The number of carbonyl (C=O) groups is 2. The van der Waals surface area contributed by atoms with E-state index in [2.05, 4.69) is 20.4 Å². The molecule has 0 fully saturated rings. The fourth-order valence-corrected chi connectivity index (χ4v) is 3.24. The Labute approximate surface area is 173 Å². The summed E-state index contributed by atoms with van der Waals surface area (Å²) in [6.07, 6.45) is 3.47. The highest BCUT2D eigenvalue weighted by molar-refractivity contribution is 6.02. The Kier molecular flexibility index (Phi) is 5.18. The Hall–Kier alpha value is -3.75. The molecule has 2 amide bonds. The third kappa shape index (κ3) is 3.86. The fraction of sp³-hybridized carbons (Fsp3) is 0.286. The Morgan fingerprint density at radius 3 is 2.73 bits per heavy atom. The number of ether oxygens (including phenoxy) is 1. The van der Waals surface area contributed by atoms with E-state index in [9.17, 15) is 9.59 Å². The number of hydrogen-bond acceptors (Lipinski definition) is 6. The van der Waals surface area contributed by atoms with Crippen LogP contribution in [0.15, 0.2) is 42.7 Å². The monoisotopic (exact) mass is 406 g/mol. The summed E-state index contributed by atoms with van der Waals surface area (Å²) >= 11 is 0. The van der Waals surface area contributed by atoms with Crippen LogP contribution in [0.25, 0.3) is 0 Å². The predicted molar refractivity (Wildman–Crippen MR) is 109 cm³/mol. The lowest BCUT2D eigenvalue weighted by Crippen LogP contribution is -2.49. The van der Waals surface area contributed by atoms with E-state index in [4.69, 9.17) is 4.74 Å². The minimum atomic E-state index is -0.814. The molecule has 0 radical (unpaired) electrons. The van der Waals surface area contributed by atoms with Gasteiger partial charge < -0.3 is 15.0 Å². The zero-order valence-corrected chi connectivity index (χ0v) is 17.0. The number of nitrogens with one attached hydrogen (secondary N) is 1. The predicted octanol–water partition coefficient (Wildman–Crippen LogP) is 1.49. The number of hydrogen-bond donors (Lipinski definition) is 1. The van der Waals surface area contributed by atoms with Crippen molar-refractivity contribution < 1.29 is 14.3 Å². The van der Waals surface area contributed by atoms with Gasteiger partial charge >= 0.3 is 0 Å². The van der Waals surface area contributed by atoms with Crippen molar-refractivity contribution in [2.75, 3.05) is 18.6 Å². The number of para-hydroxylation sites is 2. The molecule has 0 saturated heterocycles. The lowest BCUT2D eigenvalue weighted by Gasteiger charge is -2.20. The van der Waals surface area contributed by atoms with Gasteiger partial charge in [0.05, 0.1) is 12.2 Å². The Bertz CT molecular complexity index is 1090. The Balaban J connectivity index is 1.48. The van der Waals surface area contributed by atoms with Gasteiger partial charge in [0.2, 0.25) is 0 Å². The molecule has 1 unspecified atom stereocenters. The van der Waals surface area contributed by atoms with E-state index in [-0.39, 0.29) is 18.2 Å². The van der Waals surface area contributed by atoms with Crippen LogP contribution in [0.5, 0.6) is 5.75 Å². The third-order valence-corrected chi connectivity index (χ3v) is 4.95. The summed E-state index contributed by atoms with van der Waals surface area (Å²) in [7, 11) is 1.66. The molecule has 0 saturated carbocycles. The molecule has 1 aliphatic heterocycles. The maximum atomic E-state index is 12.8. The Morgan fingerprint density at radius 1 is 1.23 bits per heavy atom. The van der Waals surface area contributed by atoms with Crippen molar-refractivity contribution >= 4 is 17.5 Å². The van der Waals surface area contributed by atoms with Gasteiger partial charge in [0.15, 0.2) is 0 Å². The second-order valence-electron chi connectivity index (χ2n) is 7.17. The average Bonchev–Trinajstić information content (AvgIpc) is 3.06. The minimum absolute atomic E-state index is 0.0479. The molecule has 0 spiro atoms. The van der Waals surface area contributed by atoms with Gasteiger partial charge in [-0.3, -0.25) is 14.3 Å². The molecule has 1 atom stereocenters. The van der Waals surface area contributed by atoms with Crippen molar-refractivity contribution in [2.24, 2.45) is 0 Å². The summed E-state index contributed by atoms with van der Waals surface area (Å²) in [6, 6.07) is 8.14. The quantitative estimate of drug-likeness (QED) is 0.704. The maximum absolute atomic E-state index is 12.8. The molecule has 9 heteroatoms. The highest BCUT2D eigenvalue weighted by atomic mass is 16.5. The largest absolute Gasteiger partial charge is 0.489 e. The molecule has 2 aromatic heterocycles. The van der Waals surface area contributed by atoms with Crippen molar-refractivity contribution in [1.29, 1.82) is 0 Å². The fourth-order valence-electron chi connectivity index (χ4n) is 3.24. The smallest absolute Gasteiger partial charge is 0.272 e. The van der Waals surface area contributed by atoms with Gasteiger partial charge in [0.25, 0.3) is 11.8 Å². The highest BCUT2D eigenvalue weighted by Crippen LogP contribution is 2.29. The number of nitrogens with zero attached hydrogens (tertiary/aromatic N) is 5. The number of fused-ring (bicyclic) bond motifs is 1. The Morgan fingerprint density at radius 2 is 1.97 bits per heavy atom. The lowest BCUT2D eigenvalue weighted by atomic mass is 10.2. The summed E-state index contributed by atoms with van der Waals surface area (Å²) in [6.45, 7) is 4.18. The van der Waals surface area contributed by atoms with Crippen LogP contribution in [0.3, 0.4) is 0 Å². The maximum Gasteiger partial charge on any atom is 0.272 e. The first-order valence-electron chi connectivity index (χ1n) is 9.54. The van der Waals surface area contributed by atoms with Gasteiger partial charge in [-0.05, 0) is 32.0 Å². The van der Waals surface area contributed by atoms with Gasteiger partial charge in [-0.2, -0.15) is 5.10 Å². The molecular weight excluding hydrogens is 384 g/mol. The van der Waals surface area contributed by atoms with Crippen molar-refractivity contribution in [1.82, 2.24) is 25.1 Å². The van der Waals surface area contributed by atoms with Crippen LogP contribution in [-0.4, -0.2) is 51.3 Å². The molecule has 4 rings (SSSR count). The summed E-state index contributed by atoms with van der Waals surface area (Å²) in [4.78, 5) is 35.4. The zero-order valence-electron chi connectivity index (χ0n) is 17.0. The van der Waals surface area contributed by atoms with E-state index in [1.54, 1.807) is 42.3 Å². The SMILES string of the molecule is Cc1ncc(Cn2nc(C(=O)NC3COc4ccccc4N(C)C3=O)cc2C)cn1. The van der Waals surface area contributed by atoms with Crippen molar-refractivity contribution in [2.45, 2.75) is 26.4 Å². The average molecular weight is 406 g/mol. The van der Waals surface area contributed by atoms with Crippen molar-refractivity contribution in [3.05, 3.63) is 65.5 Å². The van der Waals surface area contributed by atoms with Crippen LogP contribution in [0, 0.1) is 13.8 Å². The first-order valence-corrected chi connectivity index (χ1v) is 9.54. The lowest BCUT2D eigenvalue weighted by molar-refractivity contribution is -0.120. The van der Waals surface area contributed by atoms with Gasteiger partial charge in [0.1, 0.15) is 29.9 Å². The standard InChI is InChI=1S/C21H22N6O3/c1-13-8-16(25-27(13)11-15-9-22-14(2)23-10-15)20(28)24-17-12-30-19-7-5-4-6-18(19)26(3)21(17)29/h4-10,17H,11-12H2,1-3H3,(H,24,28). The van der Waals surface area contributed by atoms with Gasteiger partial charge in [0, 0.05) is 30.7 Å². The summed E-state index contributed by atoms with van der Waals surface area (Å²) in [5.74, 6) is 0.614. The van der Waals surface area contributed by atoms with Gasteiger partial charge in [-0.1, -0.05) is 12.1 Å². The van der Waals surface area contributed by atoms with Gasteiger partial charge in [-0.15, -0.1) is 0 Å². The van der Waals surface area contributed by atoms with Crippen molar-refractivity contribution in [3.8, 4) is 5.75 Å². The second kappa shape index (κ2) is 7.94. The number of rotatable bonds is 4. The number of aryl methyl sites for hydroxylation is 2. The normalized spacial score (nSPS) is 15.9. The van der Waals surface area contributed by atoms with Crippen LogP contribution in [0.4, 0.5) is 5.69 Å². The number of aromatic nitrogens is 4. The molecule has 30 heavy (non-hydrogen) atoms. The van der Waals surface area contributed by atoms with E-state index in [0.717, 1.165) is 11.3 Å². The molecule has 1 aromatic carbocycles. The molecule has 3 aromatic rings. The summed E-state index contributed by atoms with van der Waals surface area (Å²) in [5.41, 5.74) is 2.59. The first kappa shape index (κ1) is 19.6. The molecular formula is C21H22N6O3. The zero-order chi connectivity index (χ0) is 21.3. The number of anilines is 1. The van der Waals surface area contributed by atoms with Crippen LogP contribution < -0.4 is 15.0 Å². The van der Waals surface area contributed by atoms with E-state index < -0.39 is 11.9 Å². The van der Waals surface area contributed by atoms with E-state index >= 15 is 0 Å². The first-order chi connectivity index (χ1) is 14.4. The number of amides is 2. The number of carbonyl (C=O) groups excluding carboxylic acids is 2. The molecule has 0 aliphatic carbocycles. The van der Waals surface area contributed by atoms with Gasteiger partial charge in [-0.25, -0.2) is 9.97 Å². The van der Waals surface area contributed by atoms with E-state index in [1.165, 1.54) is 4.90 Å². The summed E-state index contributed by atoms with van der Waals surface area (Å²) < 4.78 is 7.44. The number of likely N-dealkylation sites (N-methyl/N-ethyl adjacent to an activating group) is 1. The molecule has 154 valence electrons. The summed E-state index contributed by atoms with van der Waals surface area (Å²) in [5, 5.41) is 7.13. The second-order valence-corrected chi connectivity index (χ2v) is 7.17. The highest BCUT2D eigenvalue weighted by Gasteiger charge is 2.31. The topological polar surface area (TPSA) is 102 Å². The van der Waals surface area contributed by atoms with Crippen molar-refractivity contribution in [3.63, 3.8) is 0 Å². The minimum Gasteiger partial charge on any atom is -0.489 e. The van der Waals surface area contributed by atoms with Crippen LogP contribution in [-0.2, 0) is 11.3 Å². The molecule has 1 aliphatic rings. The van der Waals surface area contributed by atoms with Crippen LogP contribution >= 0.6 is 0 Å². The van der Waals surface area contributed by atoms with Crippen LogP contribution in [0.1, 0.15) is 27.6 Å². The number of benzene rings is 1.